The molecular weight excluding hydrogens is 433 g/mol. The third kappa shape index (κ3) is 2.32. The van der Waals surface area contributed by atoms with E-state index in [9.17, 15) is 9.18 Å². The first-order valence-electron chi connectivity index (χ1n) is 8.78. The van der Waals surface area contributed by atoms with E-state index in [2.05, 4.69) is 20.5 Å². The number of hydrogen-bond donors (Lipinski definition) is 0. The van der Waals surface area contributed by atoms with E-state index < -0.39 is 6.17 Å². The molecule has 1 unspecified atom stereocenters. The Morgan fingerprint density at radius 3 is 2.93 bits per heavy atom. The highest BCUT2D eigenvalue weighted by Crippen LogP contribution is 2.49. The summed E-state index contributed by atoms with van der Waals surface area (Å²) in [5.74, 6) is 0.750. The number of amides is 1. The van der Waals surface area contributed by atoms with Crippen LogP contribution in [0, 0.1) is 0 Å². The summed E-state index contributed by atoms with van der Waals surface area (Å²) in [6.45, 7) is 0. The molecule has 1 aromatic heterocycles. The lowest BCUT2D eigenvalue weighted by atomic mass is 9.91. The fourth-order valence-electron chi connectivity index (χ4n) is 4.48. The summed E-state index contributed by atoms with van der Waals surface area (Å²) in [7, 11) is 1.80. The topological polar surface area (TPSA) is 38.1 Å². The molecular formula is C20H16BrClFN3O. The molecule has 3 heterocycles. The SMILES string of the molecule is CN1C(=O)c2cccc(C(F)CBr)c2[C@H]2C[C@H]1c1nc3ccc(Cl)cc3n12. The van der Waals surface area contributed by atoms with Gasteiger partial charge in [0.25, 0.3) is 5.91 Å². The van der Waals surface area contributed by atoms with Gasteiger partial charge in [0.05, 0.1) is 23.1 Å². The van der Waals surface area contributed by atoms with Gasteiger partial charge < -0.3 is 9.47 Å². The van der Waals surface area contributed by atoms with Gasteiger partial charge in [-0.15, -0.1) is 0 Å². The van der Waals surface area contributed by atoms with Gasteiger partial charge in [0.2, 0.25) is 0 Å². The number of hydrogen-bond acceptors (Lipinski definition) is 2. The molecule has 0 spiro atoms. The van der Waals surface area contributed by atoms with Crippen LogP contribution in [-0.4, -0.2) is 32.7 Å². The number of nitrogens with zero attached hydrogens (tertiary/aromatic N) is 3. The van der Waals surface area contributed by atoms with Gasteiger partial charge in [0.1, 0.15) is 12.0 Å². The summed E-state index contributed by atoms with van der Waals surface area (Å²) in [5.41, 5.74) is 3.65. The Balaban J connectivity index is 1.85. The predicted molar refractivity (Wildman–Crippen MR) is 106 cm³/mol. The second-order valence-corrected chi connectivity index (χ2v) is 8.17. The molecule has 5 rings (SSSR count). The smallest absolute Gasteiger partial charge is 0.254 e. The van der Waals surface area contributed by atoms with Crippen LogP contribution in [0.4, 0.5) is 4.39 Å². The van der Waals surface area contributed by atoms with Crippen molar-refractivity contribution in [3.63, 3.8) is 0 Å². The standard InChI is InChI=1S/C20H16BrClFN3O/c1-25-17-8-16(26-15-7-10(22)5-6-14(15)24-19(17)26)18-11(13(23)9-21)3-2-4-12(18)20(25)27/h2-7,13,16-17H,8-9H2,1H3/t13?,16-,17+/m1/s1. The van der Waals surface area contributed by atoms with Crippen molar-refractivity contribution in [2.45, 2.75) is 24.7 Å². The molecule has 138 valence electrons. The molecule has 7 heteroatoms. The van der Waals surface area contributed by atoms with Crippen LogP contribution in [0.25, 0.3) is 11.0 Å². The van der Waals surface area contributed by atoms with Crippen LogP contribution in [0.5, 0.6) is 0 Å². The van der Waals surface area contributed by atoms with E-state index in [1.54, 1.807) is 30.1 Å². The third-order valence-electron chi connectivity index (χ3n) is 5.70. The zero-order valence-corrected chi connectivity index (χ0v) is 16.8. The number of carbonyl (C=O) groups is 1. The maximum Gasteiger partial charge on any atom is 0.254 e. The number of fused-ring (bicyclic) bond motifs is 9. The molecule has 0 saturated carbocycles. The Hall–Kier alpha value is -1.92. The van der Waals surface area contributed by atoms with Crippen LogP contribution in [0.2, 0.25) is 5.02 Å². The van der Waals surface area contributed by atoms with Gasteiger partial charge in [-0.3, -0.25) is 4.79 Å². The molecule has 3 aromatic rings. The summed E-state index contributed by atoms with van der Waals surface area (Å²) in [6, 6.07) is 10.6. The minimum absolute atomic E-state index is 0.0857. The van der Waals surface area contributed by atoms with Crippen molar-refractivity contribution in [3.8, 4) is 0 Å². The van der Waals surface area contributed by atoms with E-state index >= 15 is 0 Å². The van der Waals surface area contributed by atoms with Gasteiger partial charge in [0.15, 0.2) is 0 Å². The first-order valence-corrected chi connectivity index (χ1v) is 10.3. The van der Waals surface area contributed by atoms with Crippen molar-refractivity contribution in [2.24, 2.45) is 0 Å². The van der Waals surface area contributed by atoms with E-state index in [1.807, 2.05) is 18.2 Å². The summed E-state index contributed by atoms with van der Waals surface area (Å²) in [6.07, 6.45) is -0.497. The summed E-state index contributed by atoms with van der Waals surface area (Å²) < 4.78 is 16.9. The normalized spacial score (nSPS) is 21.9. The van der Waals surface area contributed by atoms with Gasteiger partial charge in [-0.25, -0.2) is 9.37 Å². The number of aromatic nitrogens is 2. The van der Waals surface area contributed by atoms with Crippen molar-refractivity contribution in [2.75, 3.05) is 12.4 Å². The number of carbonyl (C=O) groups excluding carboxylic acids is 1. The quantitative estimate of drug-likeness (QED) is 0.504. The van der Waals surface area contributed by atoms with Crippen LogP contribution in [0.3, 0.4) is 0 Å². The molecule has 4 nitrogen and oxygen atoms in total. The summed E-state index contributed by atoms with van der Waals surface area (Å²) >= 11 is 9.48. The molecule has 0 saturated heterocycles. The zero-order chi connectivity index (χ0) is 18.9. The van der Waals surface area contributed by atoms with Crippen molar-refractivity contribution in [1.29, 1.82) is 0 Å². The van der Waals surface area contributed by atoms with Crippen molar-refractivity contribution in [3.05, 3.63) is 63.9 Å². The van der Waals surface area contributed by atoms with Crippen LogP contribution < -0.4 is 0 Å². The van der Waals surface area contributed by atoms with E-state index in [1.165, 1.54) is 0 Å². The second-order valence-electron chi connectivity index (χ2n) is 7.09. The Kier molecular flexibility index (Phi) is 3.85. The maximum atomic E-state index is 14.8. The number of benzene rings is 2. The Labute approximate surface area is 169 Å². The number of halogens is 3. The van der Waals surface area contributed by atoms with Gasteiger partial charge in [-0.05, 0) is 35.4 Å². The van der Waals surface area contributed by atoms with Gasteiger partial charge in [-0.2, -0.15) is 0 Å². The van der Waals surface area contributed by atoms with E-state index in [0.717, 1.165) is 22.4 Å². The molecule has 27 heavy (non-hydrogen) atoms. The molecule has 0 fully saturated rings. The van der Waals surface area contributed by atoms with Gasteiger partial charge in [0, 0.05) is 29.4 Å². The minimum atomic E-state index is -1.18. The molecule has 3 atom stereocenters. The molecule has 0 radical (unpaired) electrons. The highest BCUT2D eigenvalue weighted by Gasteiger charge is 2.44. The number of rotatable bonds is 2. The van der Waals surface area contributed by atoms with Crippen LogP contribution >= 0.6 is 27.5 Å². The molecule has 0 aliphatic carbocycles. The largest absolute Gasteiger partial charge is 0.331 e. The first-order chi connectivity index (χ1) is 13.0. The lowest BCUT2D eigenvalue weighted by Gasteiger charge is -2.25. The average Bonchev–Trinajstić information content (AvgIpc) is 3.19. The molecule has 1 amide bonds. The summed E-state index contributed by atoms with van der Waals surface area (Å²) in [4.78, 5) is 19.6. The zero-order valence-electron chi connectivity index (χ0n) is 14.5. The van der Waals surface area contributed by atoms with Gasteiger partial charge in [-0.1, -0.05) is 39.7 Å². The van der Waals surface area contributed by atoms with E-state index in [-0.39, 0.29) is 23.3 Å². The van der Waals surface area contributed by atoms with Crippen LogP contribution in [0.1, 0.15) is 52.0 Å². The molecule has 0 N–H and O–H groups in total. The lowest BCUT2D eigenvalue weighted by molar-refractivity contribution is 0.0734. The van der Waals surface area contributed by atoms with Crippen molar-refractivity contribution in [1.82, 2.24) is 14.5 Å². The highest BCUT2D eigenvalue weighted by molar-refractivity contribution is 9.09. The third-order valence-corrected chi connectivity index (χ3v) is 6.50. The van der Waals surface area contributed by atoms with Gasteiger partial charge >= 0.3 is 0 Å². The van der Waals surface area contributed by atoms with E-state index in [4.69, 9.17) is 16.6 Å². The van der Waals surface area contributed by atoms with Crippen molar-refractivity contribution >= 4 is 44.5 Å². The Bertz CT molecular complexity index is 1100. The lowest BCUT2D eigenvalue weighted by Crippen LogP contribution is -2.30. The second kappa shape index (κ2) is 6.04. The average molecular weight is 449 g/mol. The Morgan fingerprint density at radius 1 is 1.33 bits per heavy atom. The number of imidazole rings is 1. The predicted octanol–water partition coefficient (Wildman–Crippen LogP) is 5.22. The molecule has 2 bridgehead atoms. The van der Waals surface area contributed by atoms with Crippen molar-refractivity contribution < 1.29 is 9.18 Å². The molecule has 2 aliphatic rings. The monoisotopic (exact) mass is 447 g/mol. The highest BCUT2D eigenvalue weighted by atomic mass is 79.9. The first kappa shape index (κ1) is 17.2. The fourth-order valence-corrected chi connectivity index (χ4v) is 4.99. The Morgan fingerprint density at radius 2 is 2.15 bits per heavy atom. The van der Waals surface area contributed by atoms with Crippen LogP contribution in [0.15, 0.2) is 36.4 Å². The van der Waals surface area contributed by atoms with Crippen LogP contribution in [-0.2, 0) is 0 Å². The fraction of sp³-hybridized carbons (Fsp3) is 0.300. The van der Waals surface area contributed by atoms with E-state index in [0.29, 0.717) is 22.6 Å². The molecule has 2 aromatic carbocycles. The number of alkyl halides is 2. The summed E-state index contributed by atoms with van der Waals surface area (Å²) in [5, 5.41) is 0.818. The molecule has 2 aliphatic heterocycles. The minimum Gasteiger partial charge on any atom is -0.331 e. The maximum absolute atomic E-state index is 14.8.